The first kappa shape index (κ1) is 14.1. The van der Waals surface area contributed by atoms with Gasteiger partial charge in [-0.25, -0.2) is 12.8 Å². The molecule has 0 atom stereocenters. The molecule has 0 bridgehead atoms. The normalized spacial score (nSPS) is 18.3. The van der Waals surface area contributed by atoms with Gasteiger partial charge in [0.1, 0.15) is 16.3 Å². The van der Waals surface area contributed by atoms with Crippen LogP contribution in [-0.4, -0.2) is 20.1 Å². The number of benzene rings is 1. The van der Waals surface area contributed by atoms with E-state index in [1.807, 2.05) is 0 Å². The van der Waals surface area contributed by atoms with Gasteiger partial charge in [-0.2, -0.15) is 17.9 Å². The van der Waals surface area contributed by atoms with Crippen molar-refractivity contribution in [2.75, 3.05) is 5.73 Å². The zero-order valence-electron chi connectivity index (χ0n) is 9.46. The highest BCUT2D eigenvalue weighted by Gasteiger charge is 2.65. The maximum atomic E-state index is 13.4. The Kier molecular flexibility index (Phi) is 3.01. The fourth-order valence-corrected chi connectivity index (χ4v) is 3.17. The Morgan fingerprint density at radius 2 is 1.84 bits per heavy atom. The fraction of sp³-hybridized carbons (Fsp3) is 0.400. The summed E-state index contributed by atoms with van der Waals surface area (Å²) in [5.41, 5.74) is 2.77. The number of hydrogen-bond donors (Lipinski definition) is 2. The molecule has 106 valence electrons. The van der Waals surface area contributed by atoms with Gasteiger partial charge in [-0.15, -0.1) is 0 Å². The second kappa shape index (κ2) is 4.07. The number of nitrogen functional groups attached to an aromatic ring is 1. The molecule has 0 radical (unpaired) electrons. The van der Waals surface area contributed by atoms with E-state index in [0.717, 1.165) is 18.2 Å². The zero-order valence-corrected chi connectivity index (χ0v) is 10.3. The number of nitrogens with two attached hydrogens (primary N) is 1. The molecule has 1 aliphatic rings. The molecule has 2 rings (SSSR count). The van der Waals surface area contributed by atoms with E-state index in [9.17, 15) is 26.0 Å². The van der Waals surface area contributed by atoms with Crippen LogP contribution in [-0.2, 0) is 10.0 Å². The standard InChI is InChI=1S/C10H10F4N2O2S/c11-7-2-1-6(15)5-8(7)19(17,18)16-9(3-4-9)10(12,13)14/h1-2,5,16H,3-4,15H2. The molecule has 1 aromatic rings. The molecule has 1 aliphatic carbocycles. The largest absolute Gasteiger partial charge is 0.407 e. The lowest BCUT2D eigenvalue weighted by Gasteiger charge is -2.20. The summed E-state index contributed by atoms with van der Waals surface area (Å²) in [7, 11) is -4.62. The van der Waals surface area contributed by atoms with Crippen LogP contribution < -0.4 is 10.5 Å². The molecule has 1 aromatic carbocycles. The Balaban J connectivity index is 2.37. The summed E-state index contributed by atoms with van der Waals surface area (Å²) in [5, 5.41) is 0. The van der Waals surface area contributed by atoms with Gasteiger partial charge in [-0.3, -0.25) is 0 Å². The van der Waals surface area contributed by atoms with Crippen molar-refractivity contribution < 1.29 is 26.0 Å². The summed E-state index contributed by atoms with van der Waals surface area (Å²) in [4.78, 5) is -0.886. The van der Waals surface area contributed by atoms with E-state index in [2.05, 4.69) is 0 Å². The molecule has 3 N–H and O–H groups in total. The van der Waals surface area contributed by atoms with Gasteiger partial charge in [0, 0.05) is 5.69 Å². The van der Waals surface area contributed by atoms with Crippen LogP contribution in [0.15, 0.2) is 23.1 Å². The van der Waals surface area contributed by atoms with Gasteiger partial charge in [0.15, 0.2) is 0 Å². The van der Waals surface area contributed by atoms with Crippen LogP contribution >= 0.6 is 0 Å². The summed E-state index contributed by atoms with van der Waals surface area (Å²) in [6.45, 7) is 0. The van der Waals surface area contributed by atoms with Gasteiger partial charge in [0.05, 0.1) is 0 Å². The molecule has 0 aromatic heterocycles. The van der Waals surface area contributed by atoms with Crippen LogP contribution in [0, 0.1) is 5.82 Å². The van der Waals surface area contributed by atoms with Crippen molar-refractivity contribution in [2.45, 2.75) is 29.5 Å². The van der Waals surface area contributed by atoms with Crippen molar-refractivity contribution in [1.82, 2.24) is 4.72 Å². The quantitative estimate of drug-likeness (QED) is 0.660. The molecular formula is C10H10F4N2O2S. The first-order valence-corrected chi connectivity index (χ1v) is 6.71. The highest BCUT2D eigenvalue weighted by molar-refractivity contribution is 7.89. The van der Waals surface area contributed by atoms with E-state index >= 15 is 0 Å². The summed E-state index contributed by atoms with van der Waals surface area (Å²) < 4.78 is 76.6. The predicted molar refractivity (Wildman–Crippen MR) is 59.2 cm³/mol. The maximum absolute atomic E-state index is 13.4. The molecule has 0 spiro atoms. The molecule has 1 fully saturated rings. The molecule has 0 heterocycles. The number of nitrogens with one attached hydrogen (secondary N) is 1. The van der Waals surface area contributed by atoms with Crippen molar-refractivity contribution in [2.24, 2.45) is 0 Å². The molecule has 0 amide bonds. The van der Waals surface area contributed by atoms with Crippen LogP contribution in [0.2, 0.25) is 0 Å². The minimum absolute atomic E-state index is 0.0568. The second-order valence-corrected chi connectivity index (χ2v) is 6.03. The van der Waals surface area contributed by atoms with E-state index in [4.69, 9.17) is 5.73 Å². The Morgan fingerprint density at radius 3 is 2.32 bits per heavy atom. The van der Waals surface area contributed by atoms with Crippen LogP contribution in [0.3, 0.4) is 0 Å². The zero-order chi connectivity index (χ0) is 14.5. The fourth-order valence-electron chi connectivity index (χ4n) is 1.61. The third-order valence-electron chi connectivity index (χ3n) is 2.87. The number of hydrogen-bond acceptors (Lipinski definition) is 3. The molecule has 19 heavy (non-hydrogen) atoms. The Morgan fingerprint density at radius 1 is 1.26 bits per heavy atom. The van der Waals surface area contributed by atoms with Crippen molar-refractivity contribution in [3.63, 3.8) is 0 Å². The Labute approximate surface area is 106 Å². The molecule has 0 unspecified atom stereocenters. The summed E-state index contributed by atoms with van der Waals surface area (Å²) in [6, 6.07) is 2.69. The van der Waals surface area contributed by atoms with E-state index < -0.39 is 32.5 Å². The average Bonchev–Trinajstić information content (AvgIpc) is 3.01. The van der Waals surface area contributed by atoms with Crippen LogP contribution in [0.4, 0.5) is 23.2 Å². The number of sulfonamides is 1. The first-order chi connectivity index (χ1) is 8.57. The van der Waals surface area contributed by atoms with Crippen molar-refractivity contribution in [3.05, 3.63) is 24.0 Å². The first-order valence-electron chi connectivity index (χ1n) is 5.23. The van der Waals surface area contributed by atoms with Crippen LogP contribution in [0.25, 0.3) is 0 Å². The van der Waals surface area contributed by atoms with Gasteiger partial charge >= 0.3 is 6.18 Å². The van der Waals surface area contributed by atoms with Gasteiger partial charge < -0.3 is 5.73 Å². The van der Waals surface area contributed by atoms with Crippen molar-refractivity contribution in [3.8, 4) is 0 Å². The van der Waals surface area contributed by atoms with Crippen LogP contribution in [0.5, 0.6) is 0 Å². The molecule has 0 aliphatic heterocycles. The third-order valence-corrected chi connectivity index (χ3v) is 4.42. The van der Waals surface area contributed by atoms with Crippen molar-refractivity contribution in [1.29, 1.82) is 0 Å². The number of rotatable bonds is 3. The highest BCUT2D eigenvalue weighted by atomic mass is 32.2. The minimum Gasteiger partial charge on any atom is -0.399 e. The molecule has 1 saturated carbocycles. The molecule has 0 saturated heterocycles. The van der Waals surface area contributed by atoms with Gasteiger partial charge in [0.25, 0.3) is 0 Å². The number of anilines is 1. The molecule has 9 heteroatoms. The smallest absolute Gasteiger partial charge is 0.399 e. The SMILES string of the molecule is Nc1ccc(F)c(S(=O)(=O)NC2(C(F)(F)F)CC2)c1. The lowest BCUT2D eigenvalue weighted by Crippen LogP contribution is -2.47. The predicted octanol–water partition coefficient (Wildman–Crippen LogP) is 1.78. The number of alkyl halides is 3. The van der Waals surface area contributed by atoms with Gasteiger partial charge in [-0.05, 0) is 31.0 Å². The van der Waals surface area contributed by atoms with Crippen LogP contribution in [0.1, 0.15) is 12.8 Å². The van der Waals surface area contributed by atoms with E-state index in [0.29, 0.717) is 0 Å². The monoisotopic (exact) mass is 298 g/mol. The van der Waals surface area contributed by atoms with Gasteiger partial charge in [0.2, 0.25) is 10.0 Å². The summed E-state index contributed by atoms with van der Waals surface area (Å²) in [6.07, 6.45) is -5.43. The summed E-state index contributed by atoms with van der Waals surface area (Å²) in [5.74, 6) is -1.15. The topological polar surface area (TPSA) is 72.2 Å². The van der Waals surface area contributed by atoms with E-state index in [-0.39, 0.29) is 18.5 Å². The molecule has 4 nitrogen and oxygen atoms in total. The third kappa shape index (κ3) is 2.52. The second-order valence-electron chi connectivity index (χ2n) is 4.38. The van der Waals surface area contributed by atoms with Gasteiger partial charge in [-0.1, -0.05) is 0 Å². The highest BCUT2D eigenvalue weighted by Crippen LogP contribution is 2.49. The van der Waals surface area contributed by atoms with E-state index in [1.54, 1.807) is 0 Å². The Hall–Kier alpha value is -1.35. The van der Waals surface area contributed by atoms with Crippen molar-refractivity contribution >= 4 is 15.7 Å². The van der Waals surface area contributed by atoms with E-state index in [1.165, 1.54) is 4.72 Å². The Bertz CT molecular complexity index is 608. The molecular weight excluding hydrogens is 288 g/mol. The lowest BCUT2D eigenvalue weighted by atomic mass is 10.3. The number of halogens is 4. The lowest BCUT2D eigenvalue weighted by molar-refractivity contribution is -0.160. The minimum atomic E-state index is -4.71. The summed E-state index contributed by atoms with van der Waals surface area (Å²) >= 11 is 0. The maximum Gasteiger partial charge on any atom is 0.407 e. The average molecular weight is 298 g/mol.